The first kappa shape index (κ1) is 25.5. The van der Waals surface area contributed by atoms with E-state index >= 15 is 0 Å². The van der Waals surface area contributed by atoms with E-state index in [4.69, 9.17) is 44.9 Å². The number of rotatable bonds is 6. The molecule has 2 saturated carbocycles. The molecule has 1 aromatic carbocycles. The number of nitrogens with zero attached hydrogens (tertiary/aromatic N) is 1. The van der Waals surface area contributed by atoms with E-state index in [2.05, 4.69) is 0 Å². The van der Waals surface area contributed by atoms with Gasteiger partial charge in [0.1, 0.15) is 8.81 Å². The average Bonchev–Trinajstić information content (AvgIpc) is 3.20. The van der Waals surface area contributed by atoms with Crippen LogP contribution in [0.15, 0.2) is 33.7 Å². The van der Waals surface area contributed by atoms with Crippen molar-refractivity contribution in [2.45, 2.75) is 52.0 Å². The molecule has 1 aliphatic heterocycles. The number of thioether (sulfide) groups is 1. The second-order valence-corrected chi connectivity index (χ2v) is 12.1. The summed E-state index contributed by atoms with van der Waals surface area (Å²) in [5, 5.41) is 0. The van der Waals surface area contributed by atoms with E-state index in [0.717, 1.165) is 31.2 Å². The van der Waals surface area contributed by atoms with Gasteiger partial charge in [0, 0.05) is 6.04 Å². The van der Waals surface area contributed by atoms with Gasteiger partial charge < -0.3 is 9.47 Å². The van der Waals surface area contributed by atoms with Gasteiger partial charge in [-0.25, -0.2) is 0 Å². The molecule has 0 N–H and O–H groups in total. The molecule has 1 heterocycles. The van der Waals surface area contributed by atoms with Crippen LogP contribution in [0.2, 0.25) is 0 Å². The Morgan fingerprint density at radius 2 is 1.91 bits per heavy atom. The molecule has 1 amide bonds. The number of thiocarbonyl (C=S) groups is 1. The van der Waals surface area contributed by atoms with Gasteiger partial charge in [0.25, 0.3) is 5.91 Å². The van der Waals surface area contributed by atoms with Crippen LogP contribution in [-0.4, -0.2) is 34.2 Å². The monoisotopic (exact) mass is 539 g/mol. The maximum atomic E-state index is 13.1. The summed E-state index contributed by atoms with van der Waals surface area (Å²) in [5.74, 6) is -0.0932. The topological polar surface area (TPSA) is 55.8 Å². The average molecular weight is 541 g/mol. The summed E-state index contributed by atoms with van der Waals surface area (Å²) in [6, 6.07) is 5.42. The minimum Gasteiger partial charge on any atom is -0.493 e. The van der Waals surface area contributed by atoms with E-state index in [9.17, 15) is 9.59 Å². The Hall–Kier alpha value is -1.54. The Labute approximate surface area is 219 Å². The summed E-state index contributed by atoms with van der Waals surface area (Å²) in [6.45, 7) is 3.95. The van der Waals surface area contributed by atoms with Gasteiger partial charge in [0.2, 0.25) is 0 Å². The summed E-state index contributed by atoms with van der Waals surface area (Å²) in [6.07, 6.45) is 8.97. The van der Waals surface area contributed by atoms with Gasteiger partial charge in [-0.05, 0) is 54.0 Å². The Morgan fingerprint density at radius 1 is 1.21 bits per heavy atom. The van der Waals surface area contributed by atoms with Crippen LogP contribution in [-0.2, 0) is 9.59 Å². The van der Waals surface area contributed by atoms with Crippen LogP contribution in [0.5, 0.6) is 11.5 Å². The third-order valence-corrected chi connectivity index (χ3v) is 8.51. The highest BCUT2D eigenvalue weighted by Crippen LogP contribution is 2.60. The van der Waals surface area contributed by atoms with Gasteiger partial charge in [-0.2, -0.15) is 0 Å². The highest BCUT2D eigenvalue weighted by atomic mass is 35.5. The van der Waals surface area contributed by atoms with E-state index in [1.54, 1.807) is 29.2 Å². The molecule has 9 heteroatoms. The molecule has 3 aliphatic rings. The Morgan fingerprint density at radius 3 is 2.56 bits per heavy atom. The number of methoxy groups -OCH3 is 1. The van der Waals surface area contributed by atoms with Crippen LogP contribution in [0.1, 0.15) is 51.5 Å². The van der Waals surface area contributed by atoms with Crippen LogP contribution in [0.3, 0.4) is 0 Å². The molecule has 5 nitrogen and oxygen atoms in total. The fourth-order valence-electron chi connectivity index (χ4n) is 4.89. The normalized spacial score (nSPS) is 25.4. The van der Waals surface area contributed by atoms with Gasteiger partial charge in [0.05, 0.1) is 17.9 Å². The number of hydrogen-bond donors (Lipinski definition) is 0. The number of carbonyl (C=O) groups is 2. The van der Waals surface area contributed by atoms with Crippen LogP contribution < -0.4 is 9.47 Å². The van der Waals surface area contributed by atoms with Gasteiger partial charge in [-0.15, -0.1) is 0 Å². The van der Waals surface area contributed by atoms with Crippen molar-refractivity contribution in [2.24, 2.45) is 17.3 Å². The van der Waals surface area contributed by atoms with E-state index in [0.29, 0.717) is 20.7 Å². The highest BCUT2D eigenvalue weighted by Gasteiger charge is 2.61. The lowest BCUT2D eigenvalue weighted by Gasteiger charge is -2.29. The van der Waals surface area contributed by atoms with E-state index < -0.39 is 0 Å². The Kier molecular flexibility index (Phi) is 7.67. The number of hydrogen-bond acceptors (Lipinski definition) is 6. The largest absolute Gasteiger partial charge is 0.493 e. The standard InChI is InChI=1S/C25H27Cl2NO4S2/c1-25(2)16(13-20(26)27)21(25)23(30)32-17-10-9-14(11-18(17)31-3)12-19-22(29)28(24(33)34-19)15-7-5-4-6-8-15/h9-13,15-16,21H,4-8H2,1-3H3. The van der Waals surface area contributed by atoms with Crippen molar-refractivity contribution in [1.29, 1.82) is 0 Å². The number of carbonyl (C=O) groups excluding carboxylic acids is 2. The second kappa shape index (κ2) is 10.2. The van der Waals surface area contributed by atoms with Crippen molar-refractivity contribution in [3.63, 3.8) is 0 Å². The smallest absolute Gasteiger partial charge is 0.315 e. The zero-order valence-corrected chi connectivity index (χ0v) is 22.5. The number of ether oxygens (including phenoxy) is 2. The number of halogens is 2. The predicted molar refractivity (Wildman–Crippen MR) is 141 cm³/mol. The first-order valence-corrected chi connectivity index (χ1v) is 13.3. The molecule has 2 unspecified atom stereocenters. The number of benzene rings is 1. The molecule has 0 bridgehead atoms. The maximum absolute atomic E-state index is 13.1. The lowest BCUT2D eigenvalue weighted by Crippen LogP contribution is -2.39. The third kappa shape index (κ3) is 5.18. The molecule has 2 atom stereocenters. The summed E-state index contributed by atoms with van der Waals surface area (Å²) in [5.41, 5.74) is 0.481. The quantitative estimate of drug-likeness (QED) is 0.173. The van der Waals surface area contributed by atoms with Crippen LogP contribution in [0, 0.1) is 17.3 Å². The summed E-state index contributed by atoms with van der Waals surface area (Å²) >= 11 is 18.4. The molecule has 0 radical (unpaired) electrons. The van der Waals surface area contributed by atoms with Crippen LogP contribution in [0.4, 0.5) is 0 Å². The lowest BCUT2D eigenvalue weighted by molar-refractivity contribution is -0.136. The van der Waals surface area contributed by atoms with Crippen molar-refractivity contribution in [2.75, 3.05) is 7.11 Å². The highest BCUT2D eigenvalue weighted by molar-refractivity contribution is 8.26. The first-order chi connectivity index (χ1) is 16.1. The van der Waals surface area contributed by atoms with E-state index in [-0.39, 0.29) is 39.7 Å². The van der Waals surface area contributed by atoms with Gasteiger partial charge in [-0.1, -0.05) is 86.4 Å². The van der Waals surface area contributed by atoms with Crippen LogP contribution in [0.25, 0.3) is 6.08 Å². The molecule has 2 aliphatic carbocycles. The zero-order valence-electron chi connectivity index (χ0n) is 19.3. The Bertz CT molecular complexity index is 1070. The van der Waals surface area contributed by atoms with Gasteiger partial charge >= 0.3 is 5.97 Å². The number of esters is 1. The van der Waals surface area contributed by atoms with Crippen LogP contribution >= 0.6 is 47.2 Å². The van der Waals surface area contributed by atoms with E-state index in [1.807, 2.05) is 19.9 Å². The Balaban J connectivity index is 1.49. The van der Waals surface area contributed by atoms with Crippen molar-refractivity contribution in [3.05, 3.63) is 39.2 Å². The van der Waals surface area contributed by atoms with Gasteiger partial charge in [0.15, 0.2) is 11.5 Å². The van der Waals surface area contributed by atoms with Gasteiger partial charge in [-0.3, -0.25) is 14.5 Å². The second-order valence-electron chi connectivity index (χ2n) is 9.46. The zero-order chi connectivity index (χ0) is 24.6. The van der Waals surface area contributed by atoms with Crippen molar-refractivity contribution >= 4 is 69.5 Å². The van der Waals surface area contributed by atoms with Crippen molar-refractivity contribution in [3.8, 4) is 11.5 Å². The number of amides is 1. The molecule has 0 spiro atoms. The van der Waals surface area contributed by atoms with Crippen molar-refractivity contribution < 1.29 is 19.1 Å². The molecular weight excluding hydrogens is 513 g/mol. The predicted octanol–water partition coefficient (Wildman–Crippen LogP) is 6.73. The molecule has 34 heavy (non-hydrogen) atoms. The third-order valence-electron chi connectivity index (χ3n) is 6.93. The lowest BCUT2D eigenvalue weighted by atomic mass is 9.94. The molecule has 4 rings (SSSR count). The maximum Gasteiger partial charge on any atom is 0.315 e. The summed E-state index contributed by atoms with van der Waals surface area (Å²) in [4.78, 5) is 28.2. The molecule has 3 fully saturated rings. The van der Waals surface area contributed by atoms with Crippen molar-refractivity contribution in [1.82, 2.24) is 4.90 Å². The number of allylic oxidation sites excluding steroid dienone is 1. The first-order valence-electron chi connectivity index (χ1n) is 11.3. The fourth-order valence-corrected chi connectivity index (χ4v) is 6.56. The SMILES string of the molecule is COc1cc(C=C2SC(=S)N(C3CCCCC3)C2=O)ccc1OC(=O)C1C(C=C(Cl)Cl)C1(C)C. The minimum atomic E-state index is -0.361. The molecular formula is C25H27Cl2NO4S2. The summed E-state index contributed by atoms with van der Waals surface area (Å²) in [7, 11) is 1.51. The molecule has 1 aromatic rings. The minimum absolute atomic E-state index is 0.0376. The summed E-state index contributed by atoms with van der Waals surface area (Å²) < 4.78 is 11.9. The molecule has 182 valence electrons. The fraction of sp³-hybridized carbons (Fsp3) is 0.480. The molecule has 1 saturated heterocycles. The molecule has 0 aromatic heterocycles. The van der Waals surface area contributed by atoms with E-state index in [1.165, 1.54) is 25.3 Å².